The molecule has 1 nitrogen and oxygen atoms in total. The second kappa shape index (κ2) is 3.52. The second-order valence-electron chi connectivity index (χ2n) is 6.32. The van der Waals surface area contributed by atoms with Crippen LogP contribution in [0.25, 0.3) is 0 Å². The highest BCUT2D eigenvalue weighted by Gasteiger charge is 2.47. The number of rotatable bonds is 2. The molecule has 1 saturated carbocycles. The molecule has 0 aromatic carbocycles. The summed E-state index contributed by atoms with van der Waals surface area (Å²) in [6, 6.07) is 1.89. The van der Waals surface area contributed by atoms with Crippen LogP contribution in [0.3, 0.4) is 0 Å². The molecule has 2 saturated heterocycles. The van der Waals surface area contributed by atoms with Gasteiger partial charge in [0.2, 0.25) is 0 Å². The van der Waals surface area contributed by atoms with Gasteiger partial charge in [-0.25, -0.2) is 0 Å². The lowest BCUT2D eigenvalue weighted by Gasteiger charge is -2.58. The van der Waals surface area contributed by atoms with E-state index in [4.69, 9.17) is 0 Å². The van der Waals surface area contributed by atoms with Crippen molar-refractivity contribution in [2.24, 2.45) is 11.3 Å². The van der Waals surface area contributed by atoms with E-state index in [1.807, 2.05) is 0 Å². The van der Waals surface area contributed by atoms with E-state index in [0.29, 0.717) is 5.41 Å². The van der Waals surface area contributed by atoms with Crippen LogP contribution in [0.2, 0.25) is 0 Å². The summed E-state index contributed by atoms with van der Waals surface area (Å²) >= 11 is 0. The second-order valence-corrected chi connectivity index (χ2v) is 6.32. The van der Waals surface area contributed by atoms with Crippen molar-refractivity contribution in [1.82, 2.24) is 4.90 Å². The molecule has 3 aliphatic rings. The van der Waals surface area contributed by atoms with E-state index in [0.717, 1.165) is 18.0 Å². The molecule has 2 aliphatic heterocycles. The maximum atomic E-state index is 2.75. The van der Waals surface area contributed by atoms with Gasteiger partial charge in [-0.3, -0.25) is 4.90 Å². The number of piperidine rings is 1. The highest BCUT2D eigenvalue weighted by molar-refractivity contribution is 5.01. The Kier molecular flexibility index (Phi) is 2.63. The molecular formula is C13H25N. The molecule has 2 unspecified atom stereocenters. The highest BCUT2D eigenvalue weighted by atomic mass is 15.3. The quantitative estimate of drug-likeness (QED) is 0.653. The zero-order valence-corrected chi connectivity index (χ0v) is 10.2. The Morgan fingerprint density at radius 3 is 2.07 bits per heavy atom. The highest BCUT2D eigenvalue weighted by Crippen LogP contribution is 2.47. The lowest BCUT2D eigenvalue weighted by Crippen LogP contribution is -2.62. The van der Waals surface area contributed by atoms with Crippen LogP contribution in [0.4, 0.5) is 0 Å². The van der Waals surface area contributed by atoms with Crippen LogP contribution in [-0.2, 0) is 0 Å². The third-order valence-electron chi connectivity index (χ3n) is 4.30. The first-order valence-electron chi connectivity index (χ1n) is 6.28. The molecular weight excluding hydrogens is 170 g/mol. The van der Waals surface area contributed by atoms with Crippen molar-refractivity contribution in [2.75, 3.05) is 6.54 Å². The predicted octanol–water partition coefficient (Wildman–Crippen LogP) is 3.30. The van der Waals surface area contributed by atoms with Crippen molar-refractivity contribution < 1.29 is 0 Å². The standard InChI is InChI=1S/C13H25N/c1-5-6-14-11-7-10(13(2,3)4)8-12(14)9-11/h10-12H,5-9H2,1-4H3. The van der Waals surface area contributed by atoms with Crippen molar-refractivity contribution in [3.05, 3.63) is 0 Å². The molecule has 0 amide bonds. The number of hydrogen-bond donors (Lipinski definition) is 0. The molecule has 82 valence electrons. The van der Waals surface area contributed by atoms with Gasteiger partial charge in [0.1, 0.15) is 0 Å². The van der Waals surface area contributed by atoms with Crippen molar-refractivity contribution in [2.45, 2.75) is 65.5 Å². The van der Waals surface area contributed by atoms with Gasteiger partial charge in [0, 0.05) is 12.1 Å². The number of nitrogens with zero attached hydrogens (tertiary/aromatic N) is 1. The predicted molar refractivity (Wildman–Crippen MR) is 61.4 cm³/mol. The van der Waals surface area contributed by atoms with Gasteiger partial charge in [0.15, 0.2) is 0 Å². The molecule has 3 rings (SSSR count). The Morgan fingerprint density at radius 2 is 1.64 bits per heavy atom. The molecule has 2 bridgehead atoms. The maximum Gasteiger partial charge on any atom is 0.0116 e. The van der Waals surface area contributed by atoms with E-state index in [2.05, 4.69) is 32.6 Å². The first kappa shape index (κ1) is 10.5. The summed E-state index contributed by atoms with van der Waals surface area (Å²) in [6.07, 6.45) is 5.74. The van der Waals surface area contributed by atoms with Crippen LogP contribution in [0.5, 0.6) is 0 Å². The van der Waals surface area contributed by atoms with E-state index in [1.165, 1.54) is 32.2 Å². The molecule has 3 fully saturated rings. The minimum absolute atomic E-state index is 0.537. The van der Waals surface area contributed by atoms with Crippen LogP contribution < -0.4 is 0 Å². The van der Waals surface area contributed by atoms with Crippen LogP contribution in [-0.4, -0.2) is 23.5 Å². The average molecular weight is 195 g/mol. The van der Waals surface area contributed by atoms with Crippen LogP contribution in [0, 0.1) is 11.3 Å². The van der Waals surface area contributed by atoms with Crippen molar-refractivity contribution in [3.63, 3.8) is 0 Å². The molecule has 0 N–H and O–H groups in total. The molecule has 1 heteroatoms. The van der Waals surface area contributed by atoms with Crippen LogP contribution >= 0.6 is 0 Å². The third-order valence-corrected chi connectivity index (χ3v) is 4.30. The first-order chi connectivity index (χ1) is 6.52. The summed E-state index contributed by atoms with van der Waals surface area (Å²) < 4.78 is 0. The van der Waals surface area contributed by atoms with Gasteiger partial charge in [-0.2, -0.15) is 0 Å². The lowest BCUT2D eigenvalue weighted by molar-refractivity contribution is -0.0742. The fourth-order valence-corrected chi connectivity index (χ4v) is 3.29. The summed E-state index contributed by atoms with van der Waals surface area (Å²) in [5.41, 5.74) is 0.537. The van der Waals surface area contributed by atoms with Gasteiger partial charge in [0.25, 0.3) is 0 Å². The van der Waals surface area contributed by atoms with Gasteiger partial charge < -0.3 is 0 Å². The minimum atomic E-state index is 0.537. The zero-order valence-electron chi connectivity index (χ0n) is 10.2. The fourth-order valence-electron chi connectivity index (χ4n) is 3.29. The number of fused-ring (bicyclic) bond motifs is 2. The maximum absolute atomic E-state index is 2.75. The third kappa shape index (κ3) is 1.71. The van der Waals surface area contributed by atoms with E-state index in [1.54, 1.807) is 0 Å². The average Bonchev–Trinajstić information content (AvgIpc) is 2.13. The molecule has 0 radical (unpaired) electrons. The molecule has 0 aromatic heterocycles. The summed E-state index contributed by atoms with van der Waals surface area (Å²) in [4.78, 5) is 2.75. The Balaban J connectivity index is 1.92. The molecule has 2 atom stereocenters. The van der Waals surface area contributed by atoms with E-state index in [-0.39, 0.29) is 0 Å². The normalized spacial score (nSPS) is 38.1. The molecule has 2 heterocycles. The topological polar surface area (TPSA) is 3.24 Å². The van der Waals surface area contributed by atoms with Crippen LogP contribution in [0.15, 0.2) is 0 Å². The van der Waals surface area contributed by atoms with Crippen molar-refractivity contribution >= 4 is 0 Å². The monoisotopic (exact) mass is 195 g/mol. The Hall–Kier alpha value is -0.0400. The summed E-state index contributed by atoms with van der Waals surface area (Å²) in [7, 11) is 0. The van der Waals surface area contributed by atoms with Crippen LogP contribution in [0.1, 0.15) is 53.4 Å². The Morgan fingerprint density at radius 1 is 1.07 bits per heavy atom. The summed E-state index contributed by atoms with van der Waals surface area (Å²) in [5, 5.41) is 0. The smallest absolute Gasteiger partial charge is 0.0116 e. The Bertz CT molecular complexity index is 192. The zero-order chi connectivity index (χ0) is 10.3. The van der Waals surface area contributed by atoms with Gasteiger partial charge >= 0.3 is 0 Å². The molecule has 1 aliphatic carbocycles. The van der Waals surface area contributed by atoms with E-state index < -0.39 is 0 Å². The molecule has 0 spiro atoms. The van der Waals surface area contributed by atoms with Gasteiger partial charge in [-0.1, -0.05) is 27.7 Å². The lowest BCUT2D eigenvalue weighted by atomic mass is 9.64. The van der Waals surface area contributed by atoms with E-state index >= 15 is 0 Å². The van der Waals surface area contributed by atoms with Gasteiger partial charge in [-0.15, -0.1) is 0 Å². The Labute approximate surface area is 88.9 Å². The summed E-state index contributed by atoms with van der Waals surface area (Å²) in [6.45, 7) is 10.9. The molecule has 0 aromatic rings. The van der Waals surface area contributed by atoms with E-state index in [9.17, 15) is 0 Å². The largest absolute Gasteiger partial charge is 0.297 e. The minimum Gasteiger partial charge on any atom is -0.297 e. The van der Waals surface area contributed by atoms with Crippen molar-refractivity contribution in [1.29, 1.82) is 0 Å². The van der Waals surface area contributed by atoms with Gasteiger partial charge in [0.05, 0.1) is 0 Å². The van der Waals surface area contributed by atoms with Crippen molar-refractivity contribution in [3.8, 4) is 0 Å². The number of hydrogen-bond acceptors (Lipinski definition) is 1. The summed E-state index contributed by atoms with van der Waals surface area (Å²) in [5.74, 6) is 0.972. The first-order valence-corrected chi connectivity index (χ1v) is 6.28. The fraction of sp³-hybridized carbons (Fsp3) is 1.00. The van der Waals surface area contributed by atoms with Gasteiger partial charge in [-0.05, 0) is 43.6 Å². The SMILES string of the molecule is CCCN1C2CC1CC(C(C)(C)C)C2. The molecule has 14 heavy (non-hydrogen) atoms.